The molecule has 2 rings (SSSR count). The summed E-state index contributed by atoms with van der Waals surface area (Å²) in [5.41, 5.74) is 0.537. The van der Waals surface area contributed by atoms with Gasteiger partial charge in [-0.25, -0.2) is 9.59 Å². The Morgan fingerprint density at radius 1 is 0.702 bits per heavy atom. The summed E-state index contributed by atoms with van der Waals surface area (Å²) in [4.78, 5) is 76.6. The van der Waals surface area contributed by atoms with E-state index in [1.165, 1.54) is 29.2 Å². The van der Waals surface area contributed by atoms with Gasteiger partial charge < -0.3 is 31.1 Å². The molecule has 256 valence electrons. The molecule has 0 heterocycles. The van der Waals surface area contributed by atoms with Crippen LogP contribution in [0.15, 0.2) is 48.5 Å². The monoisotopic (exact) mass is 652 g/mol. The summed E-state index contributed by atoms with van der Waals surface area (Å²) in [7, 11) is 1.60. The zero-order valence-corrected chi connectivity index (χ0v) is 28.3. The molecule has 0 aliphatic heterocycles. The summed E-state index contributed by atoms with van der Waals surface area (Å²) in [6.07, 6.45) is 1.18. The van der Waals surface area contributed by atoms with E-state index in [1.54, 1.807) is 45.2 Å². The molecule has 2 aromatic carbocycles. The minimum Gasteiger partial charge on any atom is -0.478 e. The SMILES string of the molecule is CCC(C)C(NC(=O)Cc1ccc(C(=O)O)cc1)C(=O)N(C)CC(C)(C)NC(=O)C(NC(=O)Cc1ccc(C(=O)O)cc1)[C@@H](C)CC. The topological polar surface area (TPSA) is 182 Å². The molecule has 0 aliphatic carbocycles. The van der Waals surface area contributed by atoms with E-state index >= 15 is 0 Å². The van der Waals surface area contributed by atoms with E-state index in [0.29, 0.717) is 24.0 Å². The Morgan fingerprint density at radius 3 is 1.47 bits per heavy atom. The maximum Gasteiger partial charge on any atom is 0.335 e. The van der Waals surface area contributed by atoms with Crippen LogP contribution in [0.1, 0.15) is 86.2 Å². The lowest BCUT2D eigenvalue weighted by atomic mass is 9.95. The van der Waals surface area contributed by atoms with Crippen molar-refractivity contribution >= 4 is 35.6 Å². The Hall–Kier alpha value is -4.74. The second kappa shape index (κ2) is 17.3. The van der Waals surface area contributed by atoms with Crippen molar-refractivity contribution in [2.24, 2.45) is 11.8 Å². The molecule has 4 amide bonds. The Balaban J connectivity index is 2.07. The number of benzene rings is 2. The minimum absolute atomic E-state index is 0.0260. The molecule has 5 N–H and O–H groups in total. The Bertz CT molecular complexity index is 1420. The summed E-state index contributed by atoms with van der Waals surface area (Å²) < 4.78 is 0. The number of amides is 4. The van der Waals surface area contributed by atoms with Crippen molar-refractivity contribution in [2.45, 2.75) is 84.8 Å². The molecule has 0 radical (unpaired) electrons. The molecule has 0 aliphatic rings. The van der Waals surface area contributed by atoms with Gasteiger partial charge in [-0.3, -0.25) is 19.2 Å². The average molecular weight is 653 g/mol. The summed E-state index contributed by atoms with van der Waals surface area (Å²) in [6.45, 7) is 11.2. The molecule has 0 spiro atoms. The fraction of sp³-hybridized carbons (Fsp3) is 0.486. The molecule has 12 heteroatoms. The number of hydrogen-bond acceptors (Lipinski definition) is 6. The van der Waals surface area contributed by atoms with Crippen molar-refractivity contribution in [2.75, 3.05) is 13.6 Å². The van der Waals surface area contributed by atoms with E-state index in [0.717, 1.165) is 0 Å². The van der Waals surface area contributed by atoms with Gasteiger partial charge in [0.2, 0.25) is 23.6 Å². The van der Waals surface area contributed by atoms with Crippen LogP contribution in [-0.2, 0) is 32.0 Å². The summed E-state index contributed by atoms with van der Waals surface area (Å²) >= 11 is 0. The Kier molecular flexibility index (Phi) is 14.1. The molecule has 12 nitrogen and oxygen atoms in total. The van der Waals surface area contributed by atoms with Crippen molar-refractivity contribution in [3.05, 3.63) is 70.8 Å². The number of carboxylic acids is 2. The minimum atomic E-state index is -1.06. The van der Waals surface area contributed by atoms with E-state index in [-0.39, 0.29) is 60.1 Å². The predicted octanol–water partition coefficient (Wildman–Crippen LogP) is 3.28. The molecule has 0 fully saturated rings. The van der Waals surface area contributed by atoms with Crippen LogP contribution in [0.25, 0.3) is 0 Å². The fourth-order valence-corrected chi connectivity index (χ4v) is 5.09. The molecule has 47 heavy (non-hydrogen) atoms. The first-order valence-electron chi connectivity index (χ1n) is 15.8. The van der Waals surface area contributed by atoms with E-state index in [9.17, 15) is 28.8 Å². The number of nitrogens with one attached hydrogen (secondary N) is 3. The van der Waals surface area contributed by atoms with Crippen LogP contribution < -0.4 is 16.0 Å². The van der Waals surface area contributed by atoms with Gasteiger partial charge in [-0.2, -0.15) is 0 Å². The number of aromatic carboxylic acids is 2. The van der Waals surface area contributed by atoms with Gasteiger partial charge in [-0.05, 0) is 61.1 Å². The van der Waals surface area contributed by atoms with Crippen molar-refractivity contribution in [3.63, 3.8) is 0 Å². The fourth-order valence-electron chi connectivity index (χ4n) is 5.09. The van der Waals surface area contributed by atoms with Gasteiger partial charge in [0.25, 0.3) is 0 Å². The third-order valence-corrected chi connectivity index (χ3v) is 8.21. The second-order valence-corrected chi connectivity index (χ2v) is 12.8. The van der Waals surface area contributed by atoms with Gasteiger partial charge in [0.15, 0.2) is 0 Å². The van der Waals surface area contributed by atoms with Crippen LogP contribution in [-0.4, -0.2) is 81.9 Å². The number of carboxylic acid groups (broad SMARTS) is 2. The molecule has 2 aromatic rings. The van der Waals surface area contributed by atoms with Gasteiger partial charge in [0.1, 0.15) is 12.1 Å². The van der Waals surface area contributed by atoms with Gasteiger partial charge in [0.05, 0.1) is 29.5 Å². The highest BCUT2D eigenvalue weighted by Crippen LogP contribution is 2.16. The zero-order valence-electron chi connectivity index (χ0n) is 28.3. The quantitative estimate of drug-likeness (QED) is 0.173. The number of likely N-dealkylation sites (N-methyl/N-ethyl adjacent to an activating group) is 1. The number of carbonyl (C=O) groups excluding carboxylic acids is 4. The maximum atomic E-state index is 13.6. The lowest BCUT2D eigenvalue weighted by Gasteiger charge is -2.36. The van der Waals surface area contributed by atoms with E-state index < -0.39 is 35.5 Å². The highest BCUT2D eigenvalue weighted by atomic mass is 16.4. The van der Waals surface area contributed by atoms with E-state index in [4.69, 9.17) is 10.2 Å². The molecule has 0 aromatic heterocycles. The number of rotatable bonds is 17. The van der Waals surface area contributed by atoms with Crippen LogP contribution >= 0.6 is 0 Å². The zero-order chi connectivity index (χ0) is 35.5. The van der Waals surface area contributed by atoms with Gasteiger partial charge in [0, 0.05) is 13.6 Å². The third-order valence-electron chi connectivity index (χ3n) is 8.21. The summed E-state index contributed by atoms with van der Waals surface area (Å²) in [5, 5.41) is 26.8. The molecule has 4 atom stereocenters. The van der Waals surface area contributed by atoms with Crippen LogP contribution in [0.2, 0.25) is 0 Å². The van der Waals surface area contributed by atoms with Crippen molar-refractivity contribution in [1.82, 2.24) is 20.9 Å². The lowest BCUT2D eigenvalue weighted by Crippen LogP contribution is -2.60. The normalized spacial score (nSPS) is 13.8. The lowest BCUT2D eigenvalue weighted by molar-refractivity contribution is -0.138. The summed E-state index contributed by atoms with van der Waals surface area (Å²) in [6, 6.07) is 10.3. The summed E-state index contributed by atoms with van der Waals surface area (Å²) in [5.74, 6) is -4.00. The molecular weight excluding hydrogens is 604 g/mol. The average Bonchev–Trinajstić information content (AvgIpc) is 3.01. The molecule has 0 saturated heterocycles. The van der Waals surface area contributed by atoms with Gasteiger partial charge in [-0.1, -0.05) is 64.8 Å². The largest absolute Gasteiger partial charge is 0.478 e. The molecular formula is C35H48N4O8. The van der Waals surface area contributed by atoms with Crippen molar-refractivity contribution in [1.29, 1.82) is 0 Å². The maximum absolute atomic E-state index is 13.6. The van der Waals surface area contributed by atoms with Crippen LogP contribution in [0.3, 0.4) is 0 Å². The Morgan fingerprint density at radius 2 is 1.09 bits per heavy atom. The number of nitrogens with zero attached hydrogens (tertiary/aromatic N) is 1. The van der Waals surface area contributed by atoms with E-state index in [2.05, 4.69) is 16.0 Å². The van der Waals surface area contributed by atoms with Crippen LogP contribution in [0.4, 0.5) is 0 Å². The van der Waals surface area contributed by atoms with Crippen LogP contribution in [0, 0.1) is 11.8 Å². The third kappa shape index (κ3) is 11.8. The smallest absolute Gasteiger partial charge is 0.335 e. The molecule has 0 bridgehead atoms. The van der Waals surface area contributed by atoms with Crippen LogP contribution in [0.5, 0.6) is 0 Å². The highest BCUT2D eigenvalue weighted by Gasteiger charge is 2.34. The van der Waals surface area contributed by atoms with E-state index in [1.807, 2.05) is 27.7 Å². The number of carbonyl (C=O) groups is 6. The molecule has 0 saturated carbocycles. The second-order valence-electron chi connectivity index (χ2n) is 12.8. The van der Waals surface area contributed by atoms with Crippen molar-refractivity contribution in [3.8, 4) is 0 Å². The first-order valence-corrected chi connectivity index (χ1v) is 15.8. The highest BCUT2D eigenvalue weighted by molar-refractivity contribution is 5.91. The Labute approximate surface area is 276 Å². The van der Waals surface area contributed by atoms with Gasteiger partial charge in [-0.15, -0.1) is 0 Å². The molecule has 3 unspecified atom stereocenters. The predicted molar refractivity (Wildman–Crippen MR) is 177 cm³/mol. The first kappa shape index (κ1) is 38.4. The number of hydrogen-bond donors (Lipinski definition) is 5. The van der Waals surface area contributed by atoms with Crippen molar-refractivity contribution < 1.29 is 39.0 Å². The van der Waals surface area contributed by atoms with Gasteiger partial charge >= 0.3 is 11.9 Å². The first-order chi connectivity index (χ1) is 22.0. The standard InChI is InChI=1S/C35H48N4O8/c1-8-21(3)29(36-27(40)18-23-10-14-25(15-11-23)33(44)45)31(42)38-35(5,6)20-39(7)32(43)30(22(4)9-2)37-28(41)19-24-12-16-26(17-13-24)34(46)47/h10-17,21-22,29-30H,8-9,18-20H2,1-7H3,(H,36,40)(H,37,41)(H,38,42)(H,44,45)(H,46,47)/t21-,22?,29?,30?/m0/s1.